The van der Waals surface area contributed by atoms with Crippen LogP contribution in [-0.4, -0.2) is 45.9 Å². The summed E-state index contributed by atoms with van der Waals surface area (Å²) in [6, 6.07) is 4.82. The van der Waals surface area contributed by atoms with Gasteiger partial charge in [-0.25, -0.2) is 9.78 Å². The average molecular weight is 331 g/mol. The Bertz CT molecular complexity index is 715. The highest BCUT2D eigenvalue weighted by Crippen LogP contribution is 2.25. The normalized spacial score (nSPS) is 18.0. The molecule has 2 amide bonds. The monoisotopic (exact) mass is 331 g/mol. The summed E-state index contributed by atoms with van der Waals surface area (Å²) in [7, 11) is 0. The number of aryl methyl sites for hydroxylation is 1. The van der Waals surface area contributed by atoms with Crippen molar-refractivity contribution in [1.82, 2.24) is 20.1 Å². The van der Waals surface area contributed by atoms with Crippen LogP contribution in [0.15, 0.2) is 22.6 Å². The molecule has 1 aliphatic rings. The summed E-state index contributed by atoms with van der Waals surface area (Å²) in [6.45, 7) is 7.07. The van der Waals surface area contributed by atoms with Gasteiger partial charge in [0.15, 0.2) is 0 Å². The predicted molar refractivity (Wildman–Crippen MR) is 86.6 cm³/mol. The van der Waals surface area contributed by atoms with Gasteiger partial charge in [-0.3, -0.25) is 5.32 Å². The maximum Gasteiger partial charge on any atom is 0.323 e. The van der Waals surface area contributed by atoms with Crippen LogP contribution in [0.4, 0.5) is 10.6 Å². The van der Waals surface area contributed by atoms with Gasteiger partial charge in [-0.2, -0.15) is 0 Å². The lowest BCUT2D eigenvalue weighted by atomic mass is 10.2. The van der Waals surface area contributed by atoms with E-state index in [0.717, 1.165) is 5.69 Å². The van der Waals surface area contributed by atoms with Crippen LogP contribution in [0.2, 0.25) is 0 Å². The van der Waals surface area contributed by atoms with Gasteiger partial charge in [-0.15, -0.1) is 10.2 Å². The summed E-state index contributed by atoms with van der Waals surface area (Å²) in [5.74, 6) is 1.59. The van der Waals surface area contributed by atoms with Crippen LogP contribution in [0.3, 0.4) is 0 Å². The van der Waals surface area contributed by atoms with Crippen LogP contribution in [0.25, 0.3) is 0 Å². The molecule has 0 spiro atoms. The summed E-state index contributed by atoms with van der Waals surface area (Å²) in [5.41, 5.74) is 0.838. The summed E-state index contributed by atoms with van der Waals surface area (Å²) in [4.78, 5) is 18.6. The van der Waals surface area contributed by atoms with E-state index in [0.29, 0.717) is 37.4 Å². The molecule has 3 heterocycles. The molecule has 1 atom stereocenters. The molecule has 0 aromatic carbocycles. The first kappa shape index (κ1) is 16.4. The second kappa shape index (κ2) is 6.96. The zero-order chi connectivity index (χ0) is 17.1. The Kier molecular flexibility index (Phi) is 4.75. The van der Waals surface area contributed by atoms with E-state index in [1.807, 2.05) is 32.9 Å². The number of morpholine rings is 1. The van der Waals surface area contributed by atoms with Crippen LogP contribution in [0, 0.1) is 6.92 Å². The molecule has 8 nitrogen and oxygen atoms in total. The lowest BCUT2D eigenvalue weighted by Crippen LogP contribution is -2.45. The van der Waals surface area contributed by atoms with Crippen molar-refractivity contribution in [1.29, 1.82) is 0 Å². The lowest BCUT2D eigenvalue weighted by molar-refractivity contribution is 0.00492. The van der Waals surface area contributed by atoms with Crippen molar-refractivity contribution < 1.29 is 13.9 Å². The quantitative estimate of drug-likeness (QED) is 0.929. The third-order valence-electron chi connectivity index (χ3n) is 3.75. The van der Waals surface area contributed by atoms with Gasteiger partial charge in [0.2, 0.25) is 11.8 Å². The van der Waals surface area contributed by atoms with Crippen molar-refractivity contribution >= 4 is 11.8 Å². The van der Waals surface area contributed by atoms with E-state index in [-0.39, 0.29) is 11.9 Å². The standard InChI is InChI=1S/C16H21N5O3/c1-10(2)14-19-20-15(24-14)12-9-23-8-7-21(12)16(22)18-13-6-4-5-11(3)17-13/h4-6,10,12H,7-9H2,1-3H3,(H,17,18,22). The number of carbonyl (C=O) groups is 1. The smallest absolute Gasteiger partial charge is 0.323 e. The minimum Gasteiger partial charge on any atom is -0.423 e. The Balaban J connectivity index is 1.77. The van der Waals surface area contributed by atoms with Crippen molar-refractivity contribution in [2.24, 2.45) is 0 Å². The zero-order valence-corrected chi connectivity index (χ0v) is 14.0. The molecule has 1 saturated heterocycles. The molecule has 3 rings (SSSR count). The molecule has 1 aliphatic heterocycles. The predicted octanol–water partition coefficient (Wildman–Crippen LogP) is 2.50. The SMILES string of the molecule is Cc1cccc(NC(=O)N2CCOCC2c2nnc(C(C)C)o2)n1. The third kappa shape index (κ3) is 3.53. The van der Waals surface area contributed by atoms with Crippen LogP contribution >= 0.6 is 0 Å². The van der Waals surface area contributed by atoms with E-state index < -0.39 is 6.04 Å². The van der Waals surface area contributed by atoms with Gasteiger partial charge >= 0.3 is 6.03 Å². The fourth-order valence-corrected chi connectivity index (χ4v) is 2.46. The molecule has 1 unspecified atom stereocenters. The van der Waals surface area contributed by atoms with E-state index in [1.165, 1.54) is 0 Å². The largest absolute Gasteiger partial charge is 0.423 e. The number of rotatable bonds is 3. The van der Waals surface area contributed by atoms with Crippen molar-refractivity contribution in [3.63, 3.8) is 0 Å². The molecule has 8 heteroatoms. The van der Waals surface area contributed by atoms with Crippen molar-refractivity contribution in [3.8, 4) is 0 Å². The van der Waals surface area contributed by atoms with Gasteiger partial charge in [0.1, 0.15) is 11.9 Å². The fraction of sp³-hybridized carbons (Fsp3) is 0.500. The topological polar surface area (TPSA) is 93.4 Å². The van der Waals surface area contributed by atoms with E-state index in [4.69, 9.17) is 9.15 Å². The van der Waals surface area contributed by atoms with Crippen molar-refractivity contribution in [2.45, 2.75) is 32.7 Å². The third-order valence-corrected chi connectivity index (χ3v) is 3.75. The first-order valence-corrected chi connectivity index (χ1v) is 7.97. The highest BCUT2D eigenvalue weighted by Gasteiger charge is 2.33. The fourth-order valence-electron chi connectivity index (χ4n) is 2.46. The molecule has 2 aromatic rings. The maximum absolute atomic E-state index is 12.6. The highest BCUT2D eigenvalue weighted by molar-refractivity contribution is 5.88. The van der Waals surface area contributed by atoms with Crippen LogP contribution in [0.5, 0.6) is 0 Å². The van der Waals surface area contributed by atoms with Crippen molar-refractivity contribution in [2.75, 3.05) is 25.1 Å². The van der Waals surface area contributed by atoms with E-state index in [1.54, 1.807) is 11.0 Å². The number of hydrogen-bond acceptors (Lipinski definition) is 6. The first-order valence-electron chi connectivity index (χ1n) is 7.97. The minimum atomic E-state index is -0.399. The number of nitrogens with zero attached hydrogens (tertiary/aromatic N) is 4. The van der Waals surface area contributed by atoms with Crippen LogP contribution in [0.1, 0.15) is 43.3 Å². The molecule has 24 heavy (non-hydrogen) atoms. The number of anilines is 1. The molecule has 0 radical (unpaired) electrons. The summed E-state index contributed by atoms with van der Waals surface area (Å²) in [6.07, 6.45) is 0. The Morgan fingerprint density at radius 2 is 2.21 bits per heavy atom. The van der Waals surface area contributed by atoms with E-state index >= 15 is 0 Å². The molecule has 1 N–H and O–H groups in total. The number of pyridine rings is 1. The molecule has 0 aliphatic carbocycles. The molecule has 0 bridgehead atoms. The lowest BCUT2D eigenvalue weighted by Gasteiger charge is -2.33. The molecule has 0 saturated carbocycles. The second-order valence-corrected chi connectivity index (χ2v) is 6.01. The van der Waals surface area contributed by atoms with Gasteiger partial charge in [0.25, 0.3) is 0 Å². The van der Waals surface area contributed by atoms with Crippen LogP contribution < -0.4 is 5.32 Å². The average Bonchev–Trinajstić information content (AvgIpc) is 3.05. The van der Waals surface area contributed by atoms with Gasteiger partial charge in [-0.1, -0.05) is 19.9 Å². The molecule has 2 aromatic heterocycles. The second-order valence-electron chi connectivity index (χ2n) is 6.01. The molecular weight excluding hydrogens is 310 g/mol. The Morgan fingerprint density at radius 1 is 1.38 bits per heavy atom. The highest BCUT2D eigenvalue weighted by atomic mass is 16.5. The van der Waals surface area contributed by atoms with Crippen LogP contribution in [-0.2, 0) is 4.74 Å². The van der Waals surface area contributed by atoms with E-state index in [9.17, 15) is 4.79 Å². The first-order chi connectivity index (χ1) is 11.5. The zero-order valence-electron chi connectivity index (χ0n) is 14.0. The summed E-state index contributed by atoms with van der Waals surface area (Å²) in [5, 5.41) is 10.9. The molecule has 128 valence electrons. The maximum atomic E-state index is 12.6. The Labute approximate surface area is 140 Å². The van der Waals surface area contributed by atoms with Crippen molar-refractivity contribution in [3.05, 3.63) is 35.7 Å². The number of nitrogens with one attached hydrogen (secondary N) is 1. The van der Waals surface area contributed by atoms with Gasteiger partial charge in [-0.05, 0) is 19.1 Å². The molecular formula is C16H21N5O3. The van der Waals surface area contributed by atoms with E-state index in [2.05, 4.69) is 20.5 Å². The number of hydrogen-bond donors (Lipinski definition) is 1. The number of amides is 2. The van der Waals surface area contributed by atoms with Gasteiger partial charge < -0.3 is 14.1 Å². The summed E-state index contributed by atoms with van der Waals surface area (Å²) >= 11 is 0. The summed E-state index contributed by atoms with van der Waals surface area (Å²) < 4.78 is 11.2. The van der Waals surface area contributed by atoms with Gasteiger partial charge in [0.05, 0.1) is 13.2 Å². The number of urea groups is 1. The molecule has 1 fully saturated rings. The number of carbonyl (C=O) groups excluding carboxylic acids is 1. The number of ether oxygens (including phenoxy) is 1. The minimum absolute atomic E-state index is 0.134. The Morgan fingerprint density at radius 3 is 2.92 bits per heavy atom. The number of aromatic nitrogens is 3. The Hall–Kier alpha value is -2.48. The van der Waals surface area contributed by atoms with Gasteiger partial charge in [0, 0.05) is 18.2 Å².